The predicted octanol–water partition coefficient (Wildman–Crippen LogP) is 0.498. The average Bonchev–Trinajstić information content (AvgIpc) is 2.53. The molecule has 1 N–H and O–H groups in total. The number of hydrogen-bond donors (Lipinski definition) is 1. The number of hydrogen-bond acceptors (Lipinski definition) is 4. The van der Waals surface area contributed by atoms with Gasteiger partial charge in [-0.15, -0.1) is 0 Å². The number of nitrogens with one attached hydrogen (secondary N) is 1. The maximum absolute atomic E-state index is 12.6. The smallest absolute Gasteiger partial charge is 0.237 e. The summed E-state index contributed by atoms with van der Waals surface area (Å²) >= 11 is 0. The fourth-order valence-corrected chi connectivity index (χ4v) is 2.40. The standard InChI is InChI=1S/C16H24N4O2/c1-16(2,15(22)20-10-8-19(3)9-11-20)14(21)18-12-13-6-4-5-7-17-13/h4-7H,8-12H2,1-3H3,(H,18,21). The second kappa shape index (κ2) is 6.87. The molecule has 120 valence electrons. The molecule has 6 heteroatoms. The molecule has 2 heterocycles. The number of carbonyl (C=O) groups excluding carboxylic acids is 2. The number of aromatic nitrogens is 1. The Kier molecular flexibility index (Phi) is 5.13. The maximum atomic E-state index is 12.6. The minimum absolute atomic E-state index is 0.112. The van der Waals surface area contributed by atoms with Gasteiger partial charge in [-0.1, -0.05) is 6.07 Å². The van der Waals surface area contributed by atoms with Gasteiger partial charge < -0.3 is 15.1 Å². The van der Waals surface area contributed by atoms with Crippen molar-refractivity contribution in [3.8, 4) is 0 Å². The molecule has 22 heavy (non-hydrogen) atoms. The van der Waals surface area contributed by atoms with Gasteiger partial charge in [-0.2, -0.15) is 0 Å². The van der Waals surface area contributed by atoms with Crippen molar-refractivity contribution < 1.29 is 9.59 Å². The van der Waals surface area contributed by atoms with E-state index in [-0.39, 0.29) is 11.8 Å². The zero-order valence-corrected chi connectivity index (χ0v) is 13.5. The first-order chi connectivity index (χ1) is 10.4. The average molecular weight is 304 g/mol. The van der Waals surface area contributed by atoms with Crippen molar-refractivity contribution in [3.63, 3.8) is 0 Å². The van der Waals surface area contributed by atoms with Gasteiger partial charge in [0.25, 0.3) is 0 Å². The fraction of sp³-hybridized carbons (Fsp3) is 0.562. The Hall–Kier alpha value is -1.95. The van der Waals surface area contributed by atoms with E-state index in [4.69, 9.17) is 0 Å². The molecule has 1 fully saturated rings. The number of nitrogens with zero attached hydrogens (tertiary/aromatic N) is 3. The number of rotatable bonds is 4. The number of pyridine rings is 1. The highest BCUT2D eigenvalue weighted by atomic mass is 16.2. The predicted molar refractivity (Wildman–Crippen MR) is 83.9 cm³/mol. The first kappa shape index (κ1) is 16.4. The molecule has 0 unspecified atom stereocenters. The molecule has 0 radical (unpaired) electrons. The van der Waals surface area contributed by atoms with E-state index in [9.17, 15) is 9.59 Å². The van der Waals surface area contributed by atoms with Gasteiger partial charge in [-0.05, 0) is 33.0 Å². The second-order valence-corrected chi connectivity index (χ2v) is 6.22. The Labute approximate surface area is 131 Å². The summed E-state index contributed by atoms with van der Waals surface area (Å²) in [7, 11) is 2.03. The SMILES string of the molecule is CN1CCN(C(=O)C(C)(C)C(=O)NCc2ccccn2)CC1. The second-order valence-electron chi connectivity index (χ2n) is 6.22. The topological polar surface area (TPSA) is 65.5 Å². The van der Waals surface area contributed by atoms with Crippen LogP contribution in [0, 0.1) is 5.41 Å². The summed E-state index contributed by atoms with van der Waals surface area (Å²) in [6.45, 7) is 6.73. The van der Waals surface area contributed by atoms with E-state index in [1.165, 1.54) is 0 Å². The summed E-state index contributed by atoms with van der Waals surface area (Å²) in [4.78, 5) is 33.1. The summed E-state index contributed by atoms with van der Waals surface area (Å²) in [5.41, 5.74) is -0.288. The molecule has 0 bridgehead atoms. The quantitative estimate of drug-likeness (QED) is 0.823. The van der Waals surface area contributed by atoms with E-state index < -0.39 is 5.41 Å². The molecule has 1 aliphatic rings. The number of carbonyl (C=O) groups is 2. The van der Waals surface area contributed by atoms with E-state index in [2.05, 4.69) is 15.2 Å². The van der Waals surface area contributed by atoms with E-state index in [1.807, 2.05) is 25.2 Å². The summed E-state index contributed by atoms with van der Waals surface area (Å²) in [6, 6.07) is 5.54. The number of piperazine rings is 1. The van der Waals surface area contributed by atoms with Crippen LogP contribution in [0.15, 0.2) is 24.4 Å². The van der Waals surface area contributed by atoms with Crippen LogP contribution in [0.2, 0.25) is 0 Å². The van der Waals surface area contributed by atoms with Gasteiger partial charge in [0.1, 0.15) is 5.41 Å². The molecule has 0 aliphatic carbocycles. The van der Waals surface area contributed by atoms with Gasteiger partial charge >= 0.3 is 0 Å². The maximum Gasteiger partial charge on any atom is 0.237 e. The van der Waals surface area contributed by atoms with Gasteiger partial charge in [0.15, 0.2) is 0 Å². The van der Waals surface area contributed by atoms with E-state index in [0.29, 0.717) is 19.6 Å². The van der Waals surface area contributed by atoms with E-state index >= 15 is 0 Å². The van der Waals surface area contributed by atoms with Crippen LogP contribution in [0.25, 0.3) is 0 Å². The molecule has 1 aromatic heterocycles. The largest absolute Gasteiger partial charge is 0.350 e. The van der Waals surface area contributed by atoms with Crippen molar-refractivity contribution >= 4 is 11.8 Å². The first-order valence-electron chi connectivity index (χ1n) is 7.57. The lowest BCUT2D eigenvalue weighted by molar-refractivity contribution is -0.149. The Morgan fingerprint density at radius 3 is 2.50 bits per heavy atom. The molecular weight excluding hydrogens is 280 g/mol. The molecule has 1 aliphatic heterocycles. The minimum Gasteiger partial charge on any atom is -0.350 e. The van der Waals surface area contributed by atoms with Crippen LogP contribution in [-0.2, 0) is 16.1 Å². The van der Waals surface area contributed by atoms with Crippen molar-refractivity contribution in [2.24, 2.45) is 5.41 Å². The zero-order chi connectivity index (χ0) is 16.2. The Balaban J connectivity index is 1.93. The molecule has 6 nitrogen and oxygen atoms in total. The fourth-order valence-electron chi connectivity index (χ4n) is 2.40. The highest BCUT2D eigenvalue weighted by Gasteiger charge is 2.39. The lowest BCUT2D eigenvalue weighted by Gasteiger charge is -2.36. The molecule has 0 saturated carbocycles. The van der Waals surface area contributed by atoms with Crippen LogP contribution in [0.3, 0.4) is 0 Å². The number of likely N-dealkylation sites (N-methyl/N-ethyl adjacent to an activating group) is 1. The van der Waals surface area contributed by atoms with Crippen molar-refractivity contribution in [1.82, 2.24) is 20.1 Å². The highest BCUT2D eigenvalue weighted by molar-refractivity contribution is 6.04. The van der Waals surface area contributed by atoms with Crippen LogP contribution in [0.4, 0.5) is 0 Å². The van der Waals surface area contributed by atoms with Crippen molar-refractivity contribution in [1.29, 1.82) is 0 Å². The van der Waals surface area contributed by atoms with Crippen LogP contribution in [0.5, 0.6) is 0 Å². The van der Waals surface area contributed by atoms with Crippen molar-refractivity contribution in [3.05, 3.63) is 30.1 Å². The molecule has 1 aromatic rings. The highest BCUT2D eigenvalue weighted by Crippen LogP contribution is 2.20. The summed E-state index contributed by atoms with van der Waals surface area (Å²) in [5.74, 6) is -0.374. The lowest BCUT2D eigenvalue weighted by Crippen LogP contribution is -2.54. The van der Waals surface area contributed by atoms with Crippen molar-refractivity contribution in [2.75, 3.05) is 33.2 Å². The Morgan fingerprint density at radius 2 is 1.91 bits per heavy atom. The summed E-state index contributed by atoms with van der Waals surface area (Å²) in [6.07, 6.45) is 1.68. The molecule has 2 rings (SSSR count). The molecule has 0 spiro atoms. The zero-order valence-electron chi connectivity index (χ0n) is 13.5. The third-order valence-electron chi connectivity index (χ3n) is 4.05. The van der Waals surface area contributed by atoms with Crippen LogP contribution >= 0.6 is 0 Å². The minimum atomic E-state index is -1.06. The molecule has 0 atom stereocenters. The van der Waals surface area contributed by atoms with Gasteiger partial charge in [-0.25, -0.2) is 0 Å². The van der Waals surface area contributed by atoms with Gasteiger partial charge in [-0.3, -0.25) is 14.6 Å². The van der Waals surface area contributed by atoms with Gasteiger partial charge in [0, 0.05) is 32.4 Å². The van der Waals surface area contributed by atoms with Crippen molar-refractivity contribution in [2.45, 2.75) is 20.4 Å². The lowest BCUT2D eigenvalue weighted by atomic mass is 9.90. The Bertz CT molecular complexity index is 522. The van der Waals surface area contributed by atoms with Crippen LogP contribution < -0.4 is 5.32 Å². The Morgan fingerprint density at radius 1 is 1.23 bits per heavy atom. The summed E-state index contributed by atoms with van der Waals surface area (Å²) < 4.78 is 0. The summed E-state index contributed by atoms with van der Waals surface area (Å²) in [5, 5.41) is 2.81. The normalized spacial score (nSPS) is 16.4. The van der Waals surface area contributed by atoms with E-state index in [0.717, 1.165) is 18.8 Å². The first-order valence-corrected chi connectivity index (χ1v) is 7.57. The molecule has 0 aromatic carbocycles. The third kappa shape index (κ3) is 3.82. The number of amides is 2. The molecule has 2 amide bonds. The monoisotopic (exact) mass is 304 g/mol. The third-order valence-corrected chi connectivity index (χ3v) is 4.05. The van der Waals surface area contributed by atoms with Gasteiger partial charge in [0.2, 0.25) is 11.8 Å². The van der Waals surface area contributed by atoms with E-state index in [1.54, 1.807) is 24.9 Å². The van der Waals surface area contributed by atoms with Crippen LogP contribution in [0.1, 0.15) is 19.5 Å². The molecule has 1 saturated heterocycles. The van der Waals surface area contributed by atoms with Gasteiger partial charge in [0.05, 0.1) is 12.2 Å². The van der Waals surface area contributed by atoms with Crippen LogP contribution in [-0.4, -0.2) is 59.8 Å². The molecular formula is C16H24N4O2.